The number of rotatable bonds is 11. The zero-order valence-corrected chi connectivity index (χ0v) is 19.7. The summed E-state index contributed by atoms with van der Waals surface area (Å²) in [4.78, 5) is 5.84. The average Bonchev–Trinajstić information content (AvgIpc) is 3.24. The summed E-state index contributed by atoms with van der Waals surface area (Å²) >= 11 is 0. The van der Waals surface area contributed by atoms with Crippen LogP contribution in [0, 0.1) is 0 Å². The molecule has 0 radical (unpaired) electrons. The molecule has 4 rings (SSSR count). The molecule has 1 saturated heterocycles. The van der Waals surface area contributed by atoms with Gasteiger partial charge in [0.2, 0.25) is 10.0 Å². The minimum absolute atomic E-state index is 0.152. The summed E-state index contributed by atoms with van der Waals surface area (Å²) < 4.78 is 33.7. The lowest BCUT2D eigenvalue weighted by Crippen LogP contribution is -2.36. The van der Waals surface area contributed by atoms with E-state index in [0.717, 1.165) is 57.3 Å². The molecule has 2 aromatic carbocycles. The Morgan fingerprint density at radius 1 is 1.06 bits per heavy atom. The Hall–Kier alpha value is -2.39. The van der Waals surface area contributed by atoms with Gasteiger partial charge in [-0.05, 0) is 68.0 Å². The van der Waals surface area contributed by atoms with Gasteiger partial charge in [0.15, 0.2) is 0 Å². The van der Waals surface area contributed by atoms with Crippen molar-refractivity contribution in [1.29, 1.82) is 0 Å². The van der Waals surface area contributed by atoms with Crippen LogP contribution in [0.25, 0.3) is 10.9 Å². The number of likely N-dealkylation sites (tertiary alicyclic amines) is 1. The number of benzene rings is 2. The molecule has 0 bridgehead atoms. The average molecular weight is 472 g/mol. The van der Waals surface area contributed by atoms with Gasteiger partial charge in [-0.1, -0.05) is 18.2 Å². The van der Waals surface area contributed by atoms with Gasteiger partial charge in [0, 0.05) is 43.3 Å². The molecule has 1 fully saturated rings. The second-order valence-electron chi connectivity index (χ2n) is 8.61. The zero-order valence-electron chi connectivity index (χ0n) is 18.9. The fraction of sp³-hybridized carbons (Fsp3) is 0.440. The minimum atomic E-state index is -3.55. The SMILES string of the molecule is O=S(=O)(NCCCc1c[nH]c2ccccc12)c1ccc(OCCCN2CCC(O)CC2)cc1. The second kappa shape index (κ2) is 11.2. The van der Waals surface area contributed by atoms with Crippen molar-refractivity contribution < 1.29 is 18.3 Å². The predicted octanol–water partition coefficient (Wildman–Crippen LogP) is 3.30. The number of fused-ring (bicyclic) bond motifs is 1. The van der Waals surface area contributed by atoms with Crippen molar-refractivity contribution >= 4 is 20.9 Å². The topological polar surface area (TPSA) is 94.7 Å². The number of nitrogens with zero attached hydrogens (tertiary/aromatic N) is 1. The smallest absolute Gasteiger partial charge is 0.240 e. The number of aromatic nitrogens is 1. The van der Waals surface area contributed by atoms with Crippen LogP contribution in [0.4, 0.5) is 0 Å². The maximum absolute atomic E-state index is 12.6. The number of aliphatic hydroxyl groups is 1. The first-order valence-electron chi connectivity index (χ1n) is 11.7. The Kier molecular flexibility index (Phi) is 8.03. The number of hydrogen-bond donors (Lipinski definition) is 3. The minimum Gasteiger partial charge on any atom is -0.494 e. The van der Waals surface area contributed by atoms with Gasteiger partial charge in [-0.2, -0.15) is 0 Å². The largest absolute Gasteiger partial charge is 0.494 e. The molecular weight excluding hydrogens is 438 g/mol. The molecular formula is C25H33N3O4S. The maximum atomic E-state index is 12.6. The summed E-state index contributed by atoms with van der Waals surface area (Å²) in [5.41, 5.74) is 2.30. The van der Waals surface area contributed by atoms with E-state index in [1.807, 2.05) is 24.4 Å². The van der Waals surface area contributed by atoms with E-state index in [1.165, 1.54) is 10.9 Å². The molecule has 1 aliphatic heterocycles. The third-order valence-corrected chi connectivity index (χ3v) is 7.65. The van der Waals surface area contributed by atoms with Gasteiger partial charge in [-0.3, -0.25) is 0 Å². The monoisotopic (exact) mass is 471 g/mol. The van der Waals surface area contributed by atoms with E-state index in [4.69, 9.17) is 4.74 Å². The number of H-pyrrole nitrogens is 1. The Bertz CT molecular complexity index is 1120. The lowest BCUT2D eigenvalue weighted by atomic mass is 10.1. The molecule has 0 amide bonds. The molecule has 2 heterocycles. The summed E-state index contributed by atoms with van der Waals surface area (Å²) in [5.74, 6) is 0.669. The highest BCUT2D eigenvalue weighted by Crippen LogP contribution is 2.19. The highest BCUT2D eigenvalue weighted by molar-refractivity contribution is 7.89. The first kappa shape index (κ1) is 23.8. The number of aromatic amines is 1. The molecule has 7 nitrogen and oxygen atoms in total. The van der Waals surface area contributed by atoms with Gasteiger partial charge >= 0.3 is 0 Å². The molecule has 0 unspecified atom stereocenters. The Morgan fingerprint density at radius 3 is 2.61 bits per heavy atom. The Labute approximate surface area is 195 Å². The van der Waals surface area contributed by atoms with Crippen LogP contribution in [0.5, 0.6) is 5.75 Å². The van der Waals surface area contributed by atoms with Gasteiger partial charge in [-0.15, -0.1) is 0 Å². The van der Waals surface area contributed by atoms with Crippen LogP contribution in [-0.2, 0) is 16.4 Å². The molecule has 0 saturated carbocycles. The summed E-state index contributed by atoms with van der Waals surface area (Å²) in [6.45, 7) is 3.78. The number of piperidine rings is 1. The molecule has 3 aromatic rings. The van der Waals surface area contributed by atoms with Crippen molar-refractivity contribution in [3.05, 3.63) is 60.3 Å². The highest BCUT2D eigenvalue weighted by Gasteiger charge is 2.16. The molecule has 33 heavy (non-hydrogen) atoms. The van der Waals surface area contributed by atoms with E-state index in [9.17, 15) is 13.5 Å². The summed E-state index contributed by atoms with van der Waals surface area (Å²) in [6.07, 6.45) is 5.95. The molecule has 1 aliphatic rings. The number of nitrogens with one attached hydrogen (secondary N) is 2. The molecule has 3 N–H and O–H groups in total. The van der Waals surface area contributed by atoms with E-state index < -0.39 is 10.0 Å². The van der Waals surface area contributed by atoms with E-state index in [-0.39, 0.29) is 11.0 Å². The van der Waals surface area contributed by atoms with Crippen molar-refractivity contribution in [2.24, 2.45) is 0 Å². The van der Waals surface area contributed by atoms with Crippen LogP contribution < -0.4 is 9.46 Å². The zero-order chi connectivity index (χ0) is 23.1. The molecule has 0 spiro atoms. The lowest BCUT2D eigenvalue weighted by molar-refractivity contribution is 0.0800. The lowest BCUT2D eigenvalue weighted by Gasteiger charge is -2.29. The number of hydrogen-bond acceptors (Lipinski definition) is 5. The molecule has 8 heteroatoms. The fourth-order valence-electron chi connectivity index (χ4n) is 4.24. The van der Waals surface area contributed by atoms with Gasteiger partial charge < -0.3 is 19.7 Å². The number of aliphatic hydroxyl groups excluding tert-OH is 1. The quantitative estimate of drug-likeness (QED) is 0.373. The van der Waals surface area contributed by atoms with Crippen LogP contribution in [0.2, 0.25) is 0 Å². The highest BCUT2D eigenvalue weighted by atomic mass is 32.2. The Balaban J connectivity index is 1.18. The van der Waals surface area contributed by atoms with Crippen molar-refractivity contribution in [2.75, 3.05) is 32.8 Å². The van der Waals surface area contributed by atoms with Crippen molar-refractivity contribution in [3.8, 4) is 5.75 Å². The number of ether oxygens (including phenoxy) is 1. The number of aryl methyl sites for hydroxylation is 1. The molecule has 0 atom stereocenters. The van der Waals surface area contributed by atoms with Crippen molar-refractivity contribution in [2.45, 2.75) is 43.1 Å². The molecule has 178 valence electrons. The van der Waals surface area contributed by atoms with Crippen LogP contribution in [0.3, 0.4) is 0 Å². The van der Waals surface area contributed by atoms with E-state index >= 15 is 0 Å². The number of para-hydroxylation sites is 1. The summed E-state index contributed by atoms with van der Waals surface area (Å²) in [5, 5.41) is 10.7. The molecule has 1 aromatic heterocycles. The van der Waals surface area contributed by atoms with Crippen LogP contribution in [0.15, 0.2) is 59.6 Å². The third kappa shape index (κ3) is 6.57. The first-order chi connectivity index (χ1) is 16.0. The van der Waals surface area contributed by atoms with Gasteiger partial charge in [0.05, 0.1) is 17.6 Å². The van der Waals surface area contributed by atoms with Crippen LogP contribution >= 0.6 is 0 Å². The third-order valence-electron chi connectivity index (χ3n) is 6.17. The van der Waals surface area contributed by atoms with Gasteiger partial charge in [-0.25, -0.2) is 13.1 Å². The second-order valence-corrected chi connectivity index (χ2v) is 10.4. The van der Waals surface area contributed by atoms with Crippen molar-refractivity contribution in [1.82, 2.24) is 14.6 Å². The normalized spacial score (nSPS) is 15.8. The maximum Gasteiger partial charge on any atom is 0.240 e. The van der Waals surface area contributed by atoms with Gasteiger partial charge in [0.1, 0.15) is 5.75 Å². The van der Waals surface area contributed by atoms with E-state index in [0.29, 0.717) is 18.9 Å². The standard InChI is InChI=1S/C25H33N3O4S/c29-21-12-16-28(17-13-21)15-4-18-32-22-8-10-23(11-9-22)33(30,31)27-14-3-5-20-19-26-25-7-2-1-6-24(20)25/h1-2,6-11,19,21,26-27,29H,3-5,12-18H2. The summed E-state index contributed by atoms with van der Waals surface area (Å²) in [7, 11) is -3.55. The van der Waals surface area contributed by atoms with Crippen LogP contribution in [0.1, 0.15) is 31.2 Å². The fourth-order valence-corrected chi connectivity index (χ4v) is 5.32. The van der Waals surface area contributed by atoms with Crippen molar-refractivity contribution in [3.63, 3.8) is 0 Å². The van der Waals surface area contributed by atoms with E-state index in [2.05, 4.69) is 20.7 Å². The Morgan fingerprint density at radius 2 is 1.82 bits per heavy atom. The van der Waals surface area contributed by atoms with Gasteiger partial charge in [0.25, 0.3) is 0 Å². The first-order valence-corrected chi connectivity index (χ1v) is 13.2. The predicted molar refractivity (Wildman–Crippen MR) is 130 cm³/mol. The number of sulfonamides is 1. The summed E-state index contributed by atoms with van der Waals surface area (Å²) in [6, 6.07) is 14.7. The van der Waals surface area contributed by atoms with Crippen LogP contribution in [-0.4, -0.2) is 62.3 Å². The van der Waals surface area contributed by atoms with E-state index in [1.54, 1.807) is 24.3 Å². The molecule has 0 aliphatic carbocycles.